The number of aromatic nitrogens is 1. The lowest BCUT2D eigenvalue weighted by molar-refractivity contribution is -0.113. The van der Waals surface area contributed by atoms with Crippen molar-refractivity contribution in [3.05, 3.63) is 45.6 Å². The highest BCUT2D eigenvalue weighted by Gasteiger charge is 2.13. The smallest absolute Gasteiger partial charge is 0.159 e. The van der Waals surface area contributed by atoms with Gasteiger partial charge in [0.1, 0.15) is 0 Å². The Morgan fingerprint density at radius 2 is 2.06 bits per heavy atom. The van der Waals surface area contributed by atoms with Gasteiger partial charge >= 0.3 is 0 Å². The molecule has 0 aromatic carbocycles. The normalized spacial score (nSPS) is 16.7. The van der Waals surface area contributed by atoms with Crippen molar-refractivity contribution in [2.24, 2.45) is 0 Å². The summed E-state index contributed by atoms with van der Waals surface area (Å²) in [5.41, 5.74) is 3.55. The van der Waals surface area contributed by atoms with Crippen LogP contribution in [0.1, 0.15) is 18.1 Å². The number of carbonyl (C=O) groups is 1. The molecule has 0 unspecified atom stereocenters. The monoisotopic (exact) mass is 211 g/mol. The minimum Gasteiger partial charge on any atom is -0.355 e. The van der Waals surface area contributed by atoms with Crippen LogP contribution >= 0.6 is 0 Å². The summed E-state index contributed by atoms with van der Waals surface area (Å²) in [6.45, 7) is 1.61. The fourth-order valence-electron chi connectivity index (χ4n) is 2.37. The average molecular weight is 211 g/mol. The summed E-state index contributed by atoms with van der Waals surface area (Å²) < 4.78 is 0. The van der Waals surface area contributed by atoms with Crippen LogP contribution in [0, 0.1) is 0 Å². The van der Waals surface area contributed by atoms with Crippen LogP contribution in [0.15, 0.2) is 23.8 Å². The van der Waals surface area contributed by atoms with E-state index in [2.05, 4.69) is 23.2 Å². The van der Waals surface area contributed by atoms with E-state index in [1.54, 1.807) is 6.92 Å². The quantitative estimate of drug-likeness (QED) is 0.731. The number of H-pyrrole nitrogens is 1. The first kappa shape index (κ1) is 9.40. The van der Waals surface area contributed by atoms with Crippen molar-refractivity contribution in [1.82, 2.24) is 4.98 Å². The summed E-state index contributed by atoms with van der Waals surface area (Å²) in [4.78, 5) is 14.7. The summed E-state index contributed by atoms with van der Waals surface area (Å²) in [7, 11) is 0. The second-order valence-electron chi connectivity index (χ2n) is 4.27. The topological polar surface area (TPSA) is 32.9 Å². The molecule has 0 bridgehead atoms. The van der Waals surface area contributed by atoms with Gasteiger partial charge in [-0.15, -0.1) is 0 Å². The predicted octanol–water partition coefficient (Wildman–Crippen LogP) is 0.760. The largest absolute Gasteiger partial charge is 0.355 e. The Morgan fingerprint density at radius 3 is 2.88 bits per heavy atom. The number of nitrogens with one attached hydrogen (secondary N) is 1. The van der Waals surface area contributed by atoms with Crippen LogP contribution < -0.4 is 10.7 Å². The summed E-state index contributed by atoms with van der Waals surface area (Å²) in [5.74, 6) is 0.139. The molecule has 2 aliphatic carbocycles. The molecule has 2 aliphatic rings. The third kappa shape index (κ3) is 1.30. The van der Waals surface area contributed by atoms with Crippen molar-refractivity contribution in [3.63, 3.8) is 0 Å². The van der Waals surface area contributed by atoms with E-state index in [4.69, 9.17) is 0 Å². The average Bonchev–Trinajstić information content (AvgIpc) is 2.66. The Balaban J connectivity index is 2.22. The second kappa shape index (κ2) is 3.34. The minimum absolute atomic E-state index is 0.139. The Bertz CT molecular complexity index is 641. The van der Waals surface area contributed by atoms with E-state index in [1.165, 1.54) is 16.5 Å². The lowest BCUT2D eigenvalue weighted by Gasteiger charge is -2.06. The Kier molecular flexibility index (Phi) is 1.96. The molecular weight excluding hydrogens is 198 g/mol. The number of rotatable bonds is 1. The van der Waals surface area contributed by atoms with E-state index in [0.29, 0.717) is 0 Å². The van der Waals surface area contributed by atoms with Gasteiger partial charge < -0.3 is 4.98 Å². The third-order valence-electron chi connectivity index (χ3n) is 3.24. The van der Waals surface area contributed by atoms with Crippen molar-refractivity contribution < 1.29 is 4.79 Å². The van der Waals surface area contributed by atoms with Crippen LogP contribution in [0.3, 0.4) is 0 Å². The van der Waals surface area contributed by atoms with Gasteiger partial charge in [0.2, 0.25) is 0 Å². The highest BCUT2D eigenvalue weighted by Crippen LogP contribution is 2.12. The molecule has 1 aromatic rings. The molecule has 0 amide bonds. The Morgan fingerprint density at radius 1 is 1.25 bits per heavy atom. The molecule has 0 aliphatic heterocycles. The van der Waals surface area contributed by atoms with Crippen LogP contribution in [0.4, 0.5) is 0 Å². The first-order valence-electron chi connectivity index (χ1n) is 5.55. The zero-order valence-corrected chi connectivity index (χ0v) is 9.21. The highest BCUT2D eigenvalue weighted by atomic mass is 16.1. The van der Waals surface area contributed by atoms with E-state index in [0.717, 1.165) is 23.8 Å². The predicted molar refractivity (Wildman–Crippen MR) is 64.3 cm³/mol. The van der Waals surface area contributed by atoms with Crippen LogP contribution in [0.25, 0.3) is 12.2 Å². The maximum atomic E-state index is 11.3. The maximum Gasteiger partial charge on any atom is 0.159 e. The van der Waals surface area contributed by atoms with E-state index >= 15 is 0 Å². The summed E-state index contributed by atoms with van der Waals surface area (Å²) in [6.07, 6.45) is 12.2. The standard InChI is InChI=1S/C14H13NO/c1-9(16)10-6-7-12-11-4-2-3-5-13(11)15-14(12)8-10/h2-3,5-6,8,15H,4,7H2,1H3. The van der Waals surface area contributed by atoms with Crippen LogP contribution in [-0.4, -0.2) is 10.8 Å². The van der Waals surface area contributed by atoms with Crippen molar-refractivity contribution >= 4 is 17.9 Å². The van der Waals surface area contributed by atoms with Crippen molar-refractivity contribution in [2.45, 2.75) is 19.8 Å². The third-order valence-corrected chi connectivity index (χ3v) is 3.24. The summed E-state index contributed by atoms with van der Waals surface area (Å²) >= 11 is 0. The number of allylic oxidation sites excluding steroid dienone is 4. The minimum atomic E-state index is 0.139. The van der Waals surface area contributed by atoms with E-state index in [1.807, 2.05) is 12.2 Å². The van der Waals surface area contributed by atoms with E-state index in [-0.39, 0.29) is 5.78 Å². The van der Waals surface area contributed by atoms with Gasteiger partial charge in [0.05, 0.1) is 0 Å². The van der Waals surface area contributed by atoms with Gasteiger partial charge in [-0.3, -0.25) is 4.79 Å². The maximum absolute atomic E-state index is 11.3. The van der Waals surface area contributed by atoms with Crippen LogP contribution in [-0.2, 0) is 17.6 Å². The number of carbonyl (C=O) groups excluding carboxylic acids is 1. The van der Waals surface area contributed by atoms with Crippen molar-refractivity contribution in [3.8, 4) is 0 Å². The SMILES string of the molecule is CC(=O)C1=CCc2c3c([nH]c2=C1)=CC=CC3. The zero-order valence-electron chi connectivity index (χ0n) is 9.21. The van der Waals surface area contributed by atoms with E-state index < -0.39 is 0 Å². The number of ketones is 1. The number of aromatic amines is 1. The van der Waals surface area contributed by atoms with Crippen molar-refractivity contribution in [2.75, 3.05) is 0 Å². The molecule has 0 radical (unpaired) electrons. The second-order valence-corrected chi connectivity index (χ2v) is 4.27. The molecule has 2 heteroatoms. The molecule has 1 heterocycles. The molecule has 0 atom stereocenters. The van der Waals surface area contributed by atoms with Gasteiger partial charge in [0, 0.05) is 16.3 Å². The van der Waals surface area contributed by atoms with Gasteiger partial charge in [-0.2, -0.15) is 0 Å². The van der Waals surface area contributed by atoms with Crippen LogP contribution in [0.2, 0.25) is 0 Å². The number of fused-ring (bicyclic) bond motifs is 3. The highest BCUT2D eigenvalue weighted by molar-refractivity contribution is 6.01. The lowest BCUT2D eigenvalue weighted by Crippen LogP contribution is -2.16. The molecule has 1 aromatic heterocycles. The molecule has 2 nitrogen and oxygen atoms in total. The fourth-order valence-corrected chi connectivity index (χ4v) is 2.37. The molecule has 1 N–H and O–H groups in total. The van der Waals surface area contributed by atoms with Gasteiger partial charge in [0.25, 0.3) is 0 Å². The zero-order chi connectivity index (χ0) is 11.1. The Labute approximate surface area is 93.7 Å². The molecule has 80 valence electrons. The first-order valence-corrected chi connectivity index (χ1v) is 5.55. The molecule has 0 fully saturated rings. The number of hydrogen-bond acceptors (Lipinski definition) is 1. The molecule has 0 saturated heterocycles. The van der Waals surface area contributed by atoms with Crippen LogP contribution in [0.5, 0.6) is 0 Å². The first-order chi connectivity index (χ1) is 7.75. The Hall–Kier alpha value is -1.83. The lowest BCUT2D eigenvalue weighted by atomic mass is 9.97. The fraction of sp³-hybridized carbons (Fsp3) is 0.214. The molecular formula is C14H13NO. The van der Waals surface area contributed by atoms with E-state index in [9.17, 15) is 4.79 Å². The summed E-state index contributed by atoms with van der Waals surface area (Å²) in [6, 6.07) is 0. The number of hydrogen-bond donors (Lipinski definition) is 1. The molecule has 0 spiro atoms. The molecule has 16 heavy (non-hydrogen) atoms. The van der Waals surface area contributed by atoms with Crippen molar-refractivity contribution in [1.29, 1.82) is 0 Å². The van der Waals surface area contributed by atoms with Gasteiger partial charge in [-0.25, -0.2) is 0 Å². The summed E-state index contributed by atoms with van der Waals surface area (Å²) in [5, 5.41) is 2.31. The molecule has 3 rings (SSSR count). The number of Topliss-reactive ketones (excluding diaryl/α,β-unsaturated/α-hetero) is 1. The molecule has 0 saturated carbocycles. The van der Waals surface area contributed by atoms with Gasteiger partial charge in [-0.05, 0) is 43.0 Å². The van der Waals surface area contributed by atoms with Gasteiger partial charge in [0.15, 0.2) is 5.78 Å². The van der Waals surface area contributed by atoms with Gasteiger partial charge in [-0.1, -0.05) is 18.2 Å².